The fourth-order valence-electron chi connectivity index (χ4n) is 2.28. The molecule has 3 rings (SSSR count). The van der Waals surface area contributed by atoms with Crippen molar-refractivity contribution >= 4 is 22.6 Å². The van der Waals surface area contributed by atoms with E-state index in [1.165, 1.54) is 0 Å². The van der Waals surface area contributed by atoms with E-state index in [1.807, 2.05) is 17.6 Å². The molecule has 0 aromatic carbocycles. The molecule has 0 aliphatic rings. The van der Waals surface area contributed by atoms with Crippen molar-refractivity contribution in [2.45, 2.75) is 32.3 Å². The van der Waals surface area contributed by atoms with Crippen LogP contribution in [-0.4, -0.2) is 29.3 Å². The number of hydrogen-bond donors (Lipinski definition) is 0. The standard InChI is InChI=1S/C13H15ClN6/c1-3-19-8-16-18-12(19)7-20-11-4-5-15-6-10(11)17-13(20)9(2)14/h4-6,8-9H,3,7H2,1-2H3. The van der Waals surface area contributed by atoms with Gasteiger partial charge in [-0.15, -0.1) is 21.8 Å². The number of aromatic nitrogens is 6. The van der Waals surface area contributed by atoms with Crippen LogP contribution in [0.5, 0.6) is 0 Å². The summed E-state index contributed by atoms with van der Waals surface area (Å²) in [5.74, 6) is 1.71. The lowest BCUT2D eigenvalue weighted by Gasteiger charge is -2.10. The Kier molecular flexibility index (Phi) is 3.40. The van der Waals surface area contributed by atoms with E-state index < -0.39 is 0 Å². The fraction of sp³-hybridized carbons (Fsp3) is 0.385. The quantitative estimate of drug-likeness (QED) is 0.692. The number of imidazole rings is 1. The zero-order chi connectivity index (χ0) is 14.1. The molecule has 0 radical (unpaired) electrons. The first-order valence-electron chi connectivity index (χ1n) is 6.51. The molecule has 3 aromatic heterocycles. The van der Waals surface area contributed by atoms with Crippen molar-refractivity contribution in [2.24, 2.45) is 0 Å². The minimum atomic E-state index is -0.180. The van der Waals surface area contributed by atoms with E-state index >= 15 is 0 Å². The van der Waals surface area contributed by atoms with Crippen molar-refractivity contribution in [3.05, 3.63) is 36.4 Å². The predicted molar refractivity (Wildman–Crippen MR) is 76.6 cm³/mol. The van der Waals surface area contributed by atoms with Crippen molar-refractivity contribution in [3.63, 3.8) is 0 Å². The van der Waals surface area contributed by atoms with E-state index in [2.05, 4.69) is 31.7 Å². The maximum absolute atomic E-state index is 6.25. The van der Waals surface area contributed by atoms with Gasteiger partial charge in [-0.2, -0.15) is 0 Å². The number of hydrogen-bond acceptors (Lipinski definition) is 4. The highest BCUT2D eigenvalue weighted by molar-refractivity contribution is 6.20. The van der Waals surface area contributed by atoms with Crippen LogP contribution in [0.15, 0.2) is 24.8 Å². The number of pyridine rings is 1. The first-order chi connectivity index (χ1) is 9.70. The van der Waals surface area contributed by atoms with Crippen molar-refractivity contribution in [3.8, 4) is 0 Å². The van der Waals surface area contributed by atoms with E-state index in [0.717, 1.165) is 29.2 Å². The molecular formula is C13H15ClN6. The van der Waals surface area contributed by atoms with Crippen molar-refractivity contribution in [1.82, 2.24) is 29.3 Å². The van der Waals surface area contributed by atoms with Crippen molar-refractivity contribution in [2.75, 3.05) is 0 Å². The Morgan fingerprint density at radius 2 is 2.25 bits per heavy atom. The molecule has 104 valence electrons. The molecule has 0 fully saturated rings. The summed E-state index contributed by atoms with van der Waals surface area (Å²) in [6, 6.07) is 1.94. The molecule has 7 heteroatoms. The summed E-state index contributed by atoms with van der Waals surface area (Å²) in [4.78, 5) is 8.66. The first-order valence-corrected chi connectivity index (χ1v) is 6.95. The minimum absolute atomic E-state index is 0.180. The smallest absolute Gasteiger partial charge is 0.152 e. The summed E-state index contributed by atoms with van der Waals surface area (Å²) in [5.41, 5.74) is 1.85. The molecule has 0 N–H and O–H groups in total. The normalized spacial score (nSPS) is 12.9. The Hall–Kier alpha value is -1.95. The van der Waals surface area contributed by atoms with Crippen molar-refractivity contribution in [1.29, 1.82) is 0 Å². The topological polar surface area (TPSA) is 61.4 Å². The number of halogens is 1. The average Bonchev–Trinajstić information content (AvgIpc) is 3.04. The van der Waals surface area contributed by atoms with E-state index in [9.17, 15) is 0 Å². The van der Waals surface area contributed by atoms with Gasteiger partial charge in [0.15, 0.2) is 5.82 Å². The number of aryl methyl sites for hydroxylation is 1. The van der Waals surface area contributed by atoms with Gasteiger partial charge in [-0.3, -0.25) is 4.98 Å². The minimum Gasteiger partial charge on any atom is -0.319 e. The Bertz CT molecular complexity index is 729. The van der Waals surface area contributed by atoms with Crippen LogP contribution in [0.4, 0.5) is 0 Å². The molecule has 0 aliphatic carbocycles. The molecule has 0 spiro atoms. The molecule has 0 aliphatic heterocycles. The third-order valence-corrected chi connectivity index (χ3v) is 3.47. The second-order valence-corrected chi connectivity index (χ2v) is 5.22. The molecule has 6 nitrogen and oxygen atoms in total. The van der Waals surface area contributed by atoms with Gasteiger partial charge in [-0.05, 0) is 19.9 Å². The lowest BCUT2D eigenvalue weighted by atomic mass is 10.4. The van der Waals surface area contributed by atoms with Gasteiger partial charge in [0.05, 0.1) is 23.6 Å². The van der Waals surface area contributed by atoms with E-state index in [0.29, 0.717) is 6.54 Å². The fourth-order valence-corrected chi connectivity index (χ4v) is 2.44. The van der Waals surface area contributed by atoms with Gasteiger partial charge >= 0.3 is 0 Å². The second-order valence-electron chi connectivity index (χ2n) is 4.57. The Morgan fingerprint density at radius 3 is 3.00 bits per heavy atom. The SMILES string of the molecule is CCn1cnnc1Cn1c(C(C)Cl)nc2cnccc21. The van der Waals surface area contributed by atoms with Gasteiger partial charge < -0.3 is 9.13 Å². The van der Waals surface area contributed by atoms with Gasteiger partial charge in [0.1, 0.15) is 17.7 Å². The molecule has 3 aromatic rings. The second kappa shape index (κ2) is 5.20. The summed E-state index contributed by atoms with van der Waals surface area (Å²) in [7, 11) is 0. The number of rotatable bonds is 4. The Labute approximate surface area is 121 Å². The van der Waals surface area contributed by atoms with Gasteiger partial charge in [-0.1, -0.05) is 0 Å². The predicted octanol–water partition coefficient (Wildman–Crippen LogP) is 2.39. The maximum Gasteiger partial charge on any atom is 0.152 e. The first kappa shape index (κ1) is 13.1. The van der Waals surface area contributed by atoms with Crippen LogP contribution in [0, 0.1) is 0 Å². The van der Waals surface area contributed by atoms with Crippen LogP contribution in [-0.2, 0) is 13.1 Å². The van der Waals surface area contributed by atoms with E-state index in [-0.39, 0.29) is 5.38 Å². The van der Waals surface area contributed by atoms with E-state index in [4.69, 9.17) is 11.6 Å². The molecule has 1 atom stereocenters. The third-order valence-electron chi connectivity index (χ3n) is 3.27. The highest BCUT2D eigenvalue weighted by Crippen LogP contribution is 2.24. The lowest BCUT2D eigenvalue weighted by Crippen LogP contribution is -2.10. The van der Waals surface area contributed by atoms with Gasteiger partial charge in [-0.25, -0.2) is 4.98 Å². The molecule has 20 heavy (non-hydrogen) atoms. The molecule has 0 amide bonds. The summed E-state index contributed by atoms with van der Waals surface area (Å²) in [5, 5.41) is 7.96. The zero-order valence-corrected chi connectivity index (χ0v) is 12.1. The summed E-state index contributed by atoms with van der Waals surface area (Å²) < 4.78 is 4.08. The van der Waals surface area contributed by atoms with Crippen LogP contribution in [0.2, 0.25) is 0 Å². The third kappa shape index (κ3) is 2.16. The molecular weight excluding hydrogens is 276 g/mol. The molecule has 1 unspecified atom stereocenters. The molecule has 0 bridgehead atoms. The number of nitrogens with zero attached hydrogens (tertiary/aromatic N) is 6. The Balaban J connectivity index is 2.12. The monoisotopic (exact) mass is 290 g/mol. The summed E-state index contributed by atoms with van der Waals surface area (Å²) >= 11 is 6.25. The largest absolute Gasteiger partial charge is 0.319 e. The highest BCUT2D eigenvalue weighted by atomic mass is 35.5. The van der Waals surface area contributed by atoms with Crippen LogP contribution < -0.4 is 0 Å². The van der Waals surface area contributed by atoms with Gasteiger partial charge in [0.25, 0.3) is 0 Å². The highest BCUT2D eigenvalue weighted by Gasteiger charge is 2.16. The number of fused-ring (bicyclic) bond motifs is 1. The Morgan fingerprint density at radius 1 is 1.40 bits per heavy atom. The van der Waals surface area contributed by atoms with Gasteiger partial charge in [0.2, 0.25) is 0 Å². The number of alkyl halides is 1. The molecule has 0 saturated carbocycles. The van der Waals surface area contributed by atoms with Crippen LogP contribution in [0.25, 0.3) is 11.0 Å². The molecule has 3 heterocycles. The van der Waals surface area contributed by atoms with Crippen molar-refractivity contribution < 1.29 is 0 Å². The average molecular weight is 291 g/mol. The summed E-state index contributed by atoms with van der Waals surface area (Å²) in [6.45, 7) is 5.41. The van der Waals surface area contributed by atoms with E-state index in [1.54, 1.807) is 18.7 Å². The summed E-state index contributed by atoms with van der Waals surface area (Å²) in [6.07, 6.45) is 5.24. The zero-order valence-electron chi connectivity index (χ0n) is 11.4. The van der Waals surface area contributed by atoms with Crippen LogP contribution in [0.3, 0.4) is 0 Å². The maximum atomic E-state index is 6.25. The molecule has 0 saturated heterocycles. The van der Waals surface area contributed by atoms with Crippen LogP contribution in [0.1, 0.15) is 30.9 Å². The lowest BCUT2D eigenvalue weighted by molar-refractivity contribution is 0.639. The van der Waals surface area contributed by atoms with Crippen LogP contribution >= 0.6 is 11.6 Å². The van der Waals surface area contributed by atoms with Gasteiger partial charge in [0, 0.05) is 12.7 Å².